The summed E-state index contributed by atoms with van der Waals surface area (Å²) in [6.07, 6.45) is 0. The van der Waals surface area contributed by atoms with Crippen LogP contribution >= 0.6 is 0 Å². The molecule has 0 spiro atoms. The Kier molecular flexibility index (Phi) is 12.2. The molecule has 0 aliphatic carbocycles. The molecule has 3 rings (SSSR count). The van der Waals surface area contributed by atoms with E-state index in [0.717, 1.165) is 11.1 Å². The summed E-state index contributed by atoms with van der Waals surface area (Å²) >= 11 is 0. The van der Waals surface area contributed by atoms with Crippen molar-refractivity contribution < 1.29 is 20.3 Å². The van der Waals surface area contributed by atoms with E-state index in [0.29, 0.717) is 11.8 Å². The Morgan fingerprint density at radius 2 is 0.765 bits per heavy atom. The fraction of sp³-hybridized carbons (Fsp3) is 0.400. The van der Waals surface area contributed by atoms with Crippen molar-refractivity contribution in [2.45, 2.75) is 78.4 Å². The maximum absolute atomic E-state index is 6.00. The van der Waals surface area contributed by atoms with Gasteiger partial charge < -0.3 is 0 Å². The zero-order valence-electron chi connectivity index (χ0n) is 21.9. The van der Waals surface area contributed by atoms with Gasteiger partial charge in [0.15, 0.2) is 0 Å². The van der Waals surface area contributed by atoms with Crippen molar-refractivity contribution in [1.82, 2.24) is 0 Å². The number of rotatable bonds is 7. The monoisotopic (exact) mass is 466 g/mol. The van der Waals surface area contributed by atoms with Gasteiger partial charge >= 0.3 is 0 Å². The molecular formula is C30H42O4. The van der Waals surface area contributed by atoms with E-state index >= 15 is 0 Å². The van der Waals surface area contributed by atoms with Gasteiger partial charge in [0, 0.05) is 0 Å². The van der Waals surface area contributed by atoms with Gasteiger partial charge in [0.1, 0.15) is 11.2 Å². The van der Waals surface area contributed by atoms with Crippen LogP contribution < -0.4 is 0 Å². The third-order valence-corrected chi connectivity index (χ3v) is 5.64. The van der Waals surface area contributed by atoms with E-state index in [1.165, 1.54) is 11.1 Å². The number of hydrogen-bond acceptors (Lipinski definition) is 4. The highest BCUT2D eigenvalue weighted by molar-refractivity contribution is 5.31. The average molecular weight is 467 g/mol. The second kappa shape index (κ2) is 14.0. The molecule has 0 amide bonds. The van der Waals surface area contributed by atoms with Crippen molar-refractivity contribution in [1.29, 1.82) is 0 Å². The second-order valence-corrected chi connectivity index (χ2v) is 9.86. The number of benzene rings is 3. The van der Waals surface area contributed by atoms with Gasteiger partial charge in [-0.05, 0) is 61.8 Å². The van der Waals surface area contributed by atoms with E-state index in [9.17, 15) is 0 Å². The Morgan fingerprint density at radius 1 is 0.500 bits per heavy atom. The van der Waals surface area contributed by atoms with Gasteiger partial charge in [-0.25, -0.2) is 9.78 Å². The lowest BCUT2D eigenvalue weighted by Crippen LogP contribution is -2.29. The van der Waals surface area contributed by atoms with Gasteiger partial charge in [-0.2, -0.15) is 0 Å². The van der Waals surface area contributed by atoms with Crippen molar-refractivity contribution >= 4 is 0 Å². The van der Waals surface area contributed by atoms with Gasteiger partial charge in [-0.15, -0.1) is 0 Å². The molecule has 2 N–H and O–H groups in total. The van der Waals surface area contributed by atoms with Crippen LogP contribution in [0.15, 0.2) is 84.9 Å². The first-order chi connectivity index (χ1) is 16.0. The van der Waals surface area contributed by atoms with Gasteiger partial charge in [-0.3, -0.25) is 10.5 Å². The molecule has 0 unspecified atom stereocenters. The lowest BCUT2D eigenvalue weighted by atomic mass is 9.91. The third-order valence-electron chi connectivity index (χ3n) is 5.64. The summed E-state index contributed by atoms with van der Waals surface area (Å²) in [6.45, 7) is 17.0. The summed E-state index contributed by atoms with van der Waals surface area (Å²) in [5, 5.41) is 12.0. The molecule has 186 valence electrons. The van der Waals surface area contributed by atoms with Gasteiger partial charge in [-0.1, -0.05) is 113 Å². The molecular weight excluding hydrogens is 424 g/mol. The van der Waals surface area contributed by atoms with Gasteiger partial charge in [0.05, 0.1) is 0 Å². The zero-order chi connectivity index (χ0) is 25.8. The van der Waals surface area contributed by atoms with Crippen LogP contribution in [0.3, 0.4) is 0 Å². The number of hydrogen-bond donors (Lipinski definition) is 2. The van der Waals surface area contributed by atoms with Crippen molar-refractivity contribution in [3.63, 3.8) is 0 Å². The lowest BCUT2D eigenvalue weighted by Gasteiger charge is -2.31. The van der Waals surface area contributed by atoms with E-state index < -0.39 is 11.2 Å². The first-order valence-electron chi connectivity index (χ1n) is 11.8. The molecule has 0 heterocycles. The Morgan fingerprint density at radius 3 is 1.03 bits per heavy atom. The van der Waals surface area contributed by atoms with Crippen LogP contribution in [0.4, 0.5) is 0 Å². The Bertz CT molecular complexity index is 854. The predicted molar refractivity (Wildman–Crippen MR) is 141 cm³/mol. The summed E-state index contributed by atoms with van der Waals surface area (Å²) < 4.78 is 0. The summed E-state index contributed by atoms with van der Waals surface area (Å²) in [5.41, 5.74) is 4.17. The molecule has 0 saturated heterocycles. The summed E-state index contributed by atoms with van der Waals surface area (Å²) in [5.74, 6) is 1.28. The maximum atomic E-state index is 6.00. The SMILES string of the molecule is CC(C)(OOC(C)(C)c1ccccc1)c1ccccc1.CC(C)c1ccccc1C(C)C.OO. The molecule has 34 heavy (non-hydrogen) atoms. The van der Waals surface area contributed by atoms with Crippen molar-refractivity contribution in [3.05, 3.63) is 107 Å². The molecule has 0 radical (unpaired) electrons. The molecule has 0 atom stereocenters. The van der Waals surface area contributed by atoms with Crippen LogP contribution in [0.2, 0.25) is 0 Å². The smallest absolute Gasteiger partial charge is 0.123 e. The van der Waals surface area contributed by atoms with E-state index in [4.69, 9.17) is 20.3 Å². The minimum absolute atomic E-state index is 0.493. The Hall–Kier alpha value is -2.50. The molecule has 0 aliphatic heterocycles. The Labute approximate surface area is 206 Å². The highest BCUT2D eigenvalue weighted by Gasteiger charge is 2.29. The van der Waals surface area contributed by atoms with Crippen LogP contribution in [-0.2, 0) is 21.0 Å². The van der Waals surface area contributed by atoms with Gasteiger partial charge in [0.25, 0.3) is 0 Å². The largest absolute Gasteiger partial charge is 0.255 e. The van der Waals surface area contributed by atoms with Crippen LogP contribution in [0.25, 0.3) is 0 Å². The predicted octanol–water partition coefficient (Wildman–Crippen LogP) is 8.76. The molecule has 0 bridgehead atoms. The summed E-state index contributed by atoms with van der Waals surface area (Å²) in [7, 11) is 0. The quantitative estimate of drug-likeness (QED) is 0.270. The standard InChI is InChI=1S/C18H22O2.C12H18.H2O2/c1-17(2,15-11-7-5-8-12-15)19-20-18(3,4)16-13-9-6-10-14-16;1-9(2)11-7-5-6-8-12(11)10(3)4;1-2/h5-14H,1-4H3;5-10H,1-4H3;1-2H. The second-order valence-electron chi connectivity index (χ2n) is 9.86. The molecule has 0 fully saturated rings. The molecule has 3 aromatic rings. The highest BCUT2D eigenvalue weighted by Crippen LogP contribution is 2.31. The summed E-state index contributed by atoms with van der Waals surface area (Å²) in [6, 6.07) is 28.9. The molecule has 3 aromatic carbocycles. The van der Waals surface area contributed by atoms with Crippen molar-refractivity contribution in [2.75, 3.05) is 0 Å². The van der Waals surface area contributed by atoms with Crippen LogP contribution in [0.5, 0.6) is 0 Å². The van der Waals surface area contributed by atoms with E-state index in [1.807, 2.05) is 88.4 Å². The Balaban J connectivity index is 0.000000353. The lowest BCUT2D eigenvalue weighted by molar-refractivity contribution is -0.410. The minimum atomic E-state index is -0.493. The summed E-state index contributed by atoms with van der Waals surface area (Å²) in [4.78, 5) is 11.5. The molecule has 0 saturated carbocycles. The fourth-order valence-corrected chi connectivity index (χ4v) is 3.55. The van der Waals surface area contributed by atoms with Gasteiger partial charge in [0.2, 0.25) is 0 Å². The van der Waals surface area contributed by atoms with Crippen molar-refractivity contribution in [3.8, 4) is 0 Å². The zero-order valence-corrected chi connectivity index (χ0v) is 21.9. The van der Waals surface area contributed by atoms with Crippen LogP contribution in [0, 0.1) is 0 Å². The fourth-order valence-electron chi connectivity index (χ4n) is 3.55. The normalized spacial score (nSPS) is 11.4. The average Bonchev–Trinajstić information content (AvgIpc) is 2.85. The topological polar surface area (TPSA) is 58.9 Å². The van der Waals surface area contributed by atoms with E-state index in [2.05, 4.69) is 52.0 Å². The minimum Gasteiger partial charge on any atom is -0.255 e. The van der Waals surface area contributed by atoms with Crippen molar-refractivity contribution in [2.24, 2.45) is 0 Å². The molecule has 0 aromatic heterocycles. The van der Waals surface area contributed by atoms with Crippen LogP contribution in [-0.4, -0.2) is 10.5 Å². The van der Waals surface area contributed by atoms with Crippen LogP contribution in [0.1, 0.15) is 89.5 Å². The highest BCUT2D eigenvalue weighted by atomic mass is 17.2. The first kappa shape index (κ1) is 29.5. The van der Waals surface area contributed by atoms with E-state index in [1.54, 1.807) is 0 Å². The maximum Gasteiger partial charge on any atom is 0.123 e. The van der Waals surface area contributed by atoms with E-state index in [-0.39, 0.29) is 0 Å². The molecule has 4 heteroatoms. The third kappa shape index (κ3) is 9.03. The first-order valence-corrected chi connectivity index (χ1v) is 11.8. The molecule has 0 aliphatic rings. The molecule has 4 nitrogen and oxygen atoms in total.